The van der Waals surface area contributed by atoms with Crippen molar-refractivity contribution >= 4 is 32.4 Å². The number of pyridine rings is 1. The van der Waals surface area contributed by atoms with E-state index in [1.54, 1.807) is 7.11 Å². The average molecular weight is 316 g/mol. The Morgan fingerprint density at radius 1 is 0.958 bits per heavy atom. The molecule has 0 aliphatic carbocycles. The number of rotatable bonds is 1. The van der Waals surface area contributed by atoms with Gasteiger partial charge in [-0.25, -0.2) is 0 Å². The molecule has 0 saturated heterocycles. The highest BCUT2D eigenvalue weighted by atomic mass is 16.5. The lowest BCUT2D eigenvalue weighted by molar-refractivity contribution is -0.662. The molecule has 5 rings (SSSR count). The van der Waals surface area contributed by atoms with Gasteiger partial charge in [0.05, 0.1) is 23.3 Å². The lowest BCUT2D eigenvalue weighted by atomic mass is 9.98. The van der Waals surface area contributed by atoms with Crippen molar-refractivity contribution in [1.29, 1.82) is 0 Å². The Kier molecular flexibility index (Phi) is 2.75. The van der Waals surface area contributed by atoms with Crippen LogP contribution in [0.5, 0.6) is 11.5 Å². The molecular weight excluding hydrogens is 298 g/mol. The van der Waals surface area contributed by atoms with Gasteiger partial charge in [-0.3, -0.25) is 0 Å². The summed E-state index contributed by atoms with van der Waals surface area (Å²) in [6.45, 7) is 0.992. The molecule has 0 spiro atoms. The first-order valence-electron chi connectivity index (χ1n) is 8.35. The second kappa shape index (κ2) is 4.84. The molecule has 4 aromatic rings. The number of ether oxygens (including phenoxy) is 1. The van der Waals surface area contributed by atoms with E-state index >= 15 is 0 Å². The van der Waals surface area contributed by atoms with Crippen LogP contribution in [0.3, 0.4) is 0 Å². The molecule has 1 aliphatic heterocycles. The van der Waals surface area contributed by atoms with Gasteiger partial charge in [0.15, 0.2) is 17.2 Å². The van der Waals surface area contributed by atoms with Crippen LogP contribution in [0.1, 0.15) is 12.1 Å². The first kappa shape index (κ1) is 13.6. The van der Waals surface area contributed by atoms with Gasteiger partial charge in [0.25, 0.3) is 0 Å². The summed E-state index contributed by atoms with van der Waals surface area (Å²) in [7, 11) is 1.60. The van der Waals surface area contributed by atoms with E-state index in [1.165, 1.54) is 27.4 Å². The van der Waals surface area contributed by atoms with Crippen LogP contribution in [0, 0.1) is 0 Å². The molecular formula is C21H18NO2+. The van der Waals surface area contributed by atoms with Crippen LogP contribution in [0.2, 0.25) is 0 Å². The highest BCUT2D eigenvalue weighted by Crippen LogP contribution is 2.40. The van der Waals surface area contributed by atoms with Crippen LogP contribution in [-0.2, 0) is 13.0 Å². The quantitative estimate of drug-likeness (QED) is 0.424. The van der Waals surface area contributed by atoms with Crippen LogP contribution in [0.15, 0.2) is 48.5 Å². The van der Waals surface area contributed by atoms with Crippen LogP contribution in [0.25, 0.3) is 32.4 Å². The van der Waals surface area contributed by atoms with Crippen LogP contribution < -0.4 is 9.30 Å². The fraction of sp³-hybridized carbons (Fsp3) is 0.190. The zero-order chi connectivity index (χ0) is 16.3. The van der Waals surface area contributed by atoms with Gasteiger partial charge in [0.1, 0.15) is 6.54 Å². The molecule has 0 saturated carbocycles. The van der Waals surface area contributed by atoms with E-state index in [-0.39, 0.29) is 5.75 Å². The highest BCUT2D eigenvalue weighted by Gasteiger charge is 2.30. The van der Waals surface area contributed by atoms with E-state index in [9.17, 15) is 5.11 Å². The zero-order valence-electron chi connectivity index (χ0n) is 13.5. The van der Waals surface area contributed by atoms with Crippen LogP contribution in [0.4, 0.5) is 0 Å². The van der Waals surface area contributed by atoms with Gasteiger partial charge in [-0.15, -0.1) is 0 Å². The maximum Gasteiger partial charge on any atom is 0.221 e. The van der Waals surface area contributed by atoms with Crippen molar-refractivity contribution in [1.82, 2.24) is 0 Å². The fourth-order valence-corrected chi connectivity index (χ4v) is 4.20. The summed E-state index contributed by atoms with van der Waals surface area (Å²) in [4.78, 5) is 0. The van der Waals surface area contributed by atoms with Crippen molar-refractivity contribution in [3.63, 3.8) is 0 Å². The molecule has 1 aliphatic rings. The fourth-order valence-electron chi connectivity index (χ4n) is 4.20. The van der Waals surface area contributed by atoms with Crippen molar-refractivity contribution in [2.45, 2.75) is 19.4 Å². The predicted molar refractivity (Wildman–Crippen MR) is 95.7 cm³/mol. The summed E-state index contributed by atoms with van der Waals surface area (Å²) >= 11 is 0. The third-order valence-electron chi connectivity index (χ3n) is 5.23. The Morgan fingerprint density at radius 3 is 2.67 bits per heavy atom. The molecule has 1 N–H and O–H groups in total. The molecule has 0 amide bonds. The molecule has 0 unspecified atom stereocenters. The number of phenols is 1. The number of hydrogen-bond donors (Lipinski definition) is 1. The largest absolute Gasteiger partial charge is 0.504 e. The minimum atomic E-state index is 0.260. The maximum absolute atomic E-state index is 10.7. The van der Waals surface area contributed by atoms with E-state index in [1.807, 2.05) is 6.07 Å². The predicted octanol–water partition coefficient (Wildman–Crippen LogP) is 4.09. The third kappa shape index (κ3) is 1.64. The molecule has 24 heavy (non-hydrogen) atoms. The number of aryl methyl sites for hydroxylation is 2. The molecule has 0 atom stereocenters. The first-order chi connectivity index (χ1) is 11.8. The van der Waals surface area contributed by atoms with Crippen molar-refractivity contribution in [3.05, 3.63) is 54.2 Å². The Bertz CT molecular complexity index is 1130. The molecule has 3 aromatic carbocycles. The monoisotopic (exact) mass is 316 g/mol. The molecule has 0 radical (unpaired) electrons. The second-order valence-electron chi connectivity index (χ2n) is 6.42. The topological polar surface area (TPSA) is 33.3 Å². The number of aromatic hydroxyl groups is 1. The minimum absolute atomic E-state index is 0.260. The summed E-state index contributed by atoms with van der Waals surface area (Å²) in [6.07, 6.45) is 2.09. The zero-order valence-corrected chi connectivity index (χ0v) is 13.5. The Morgan fingerprint density at radius 2 is 1.79 bits per heavy atom. The average Bonchev–Trinajstić information content (AvgIpc) is 3.10. The van der Waals surface area contributed by atoms with Gasteiger partial charge < -0.3 is 9.84 Å². The van der Waals surface area contributed by atoms with E-state index in [0.29, 0.717) is 5.75 Å². The number of nitrogens with zero attached hydrogens (tertiary/aromatic N) is 1. The number of benzene rings is 3. The highest BCUT2D eigenvalue weighted by molar-refractivity contribution is 6.15. The van der Waals surface area contributed by atoms with E-state index < -0.39 is 0 Å². The van der Waals surface area contributed by atoms with Crippen LogP contribution in [-0.4, -0.2) is 12.2 Å². The van der Waals surface area contributed by atoms with E-state index in [0.717, 1.165) is 30.2 Å². The Hall–Kier alpha value is -2.81. The standard InChI is InChI=1S/C21H17NO2/c1-24-18-11-10-15-16-9-8-13-5-2-3-6-14(13)20(16)22-12-4-7-17(22)19(15)21(18)23/h2-3,5-6,8-11H,4,7,12H2,1H3/p+1. The molecule has 118 valence electrons. The summed E-state index contributed by atoms with van der Waals surface area (Å²) < 4.78 is 7.72. The van der Waals surface area contributed by atoms with Crippen molar-refractivity contribution < 1.29 is 14.4 Å². The first-order valence-corrected chi connectivity index (χ1v) is 8.35. The third-order valence-corrected chi connectivity index (χ3v) is 5.23. The van der Waals surface area contributed by atoms with Gasteiger partial charge in [-0.2, -0.15) is 4.57 Å². The van der Waals surface area contributed by atoms with Gasteiger partial charge in [0.2, 0.25) is 5.52 Å². The summed E-state index contributed by atoms with van der Waals surface area (Å²) in [6, 6.07) is 16.8. The lowest BCUT2D eigenvalue weighted by Crippen LogP contribution is -2.34. The molecule has 3 heteroatoms. The minimum Gasteiger partial charge on any atom is -0.504 e. The van der Waals surface area contributed by atoms with E-state index in [4.69, 9.17) is 4.74 Å². The van der Waals surface area contributed by atoms with Gasteiger partial charge in [0, 0.05) is 18.2 Å². The molecule has 2 heterocycles. The molecule has 0 fully saturated rings. The van der Waals surface area contributed by atoms with Crippen molar-refractivity contribution in [2.24, 2.45) is 0 Å². The SMILES string of the molecule is COc1ccc2c(c1O)c1[n+](c3c4ccccc4ccc23)CCC1. The van der Waals surface area contributed by atoms with Gasteiger partial charge in [-0.05, 0) is 29.7 Å². The Balaban J connectivity index is 2.09. The smallest absolute Gasteiger partial charge is 0.221 e. The number of aromatic nitrogens is 1. The molecule has 3 nitrogen and oxygen atoms in total. The van der Waals surface area contributed by atoms with Crippen LogP contribution >= 0.6 is 0 Å². The molecule has 0 bridgehead atoms. The van der Waals surface area contributed by atoms with Gasteiger partial charge in [-0.1, -0.05) is 24.3 Å². The number of hydrogen-bond acceptors (Lipinski definition) is 2. The van der Waals surface area contributed by atoms with Crippen molar-refractivity contribution in [2.75, 3.05) is 7.11 Å². The summed E-state index contributed by atoms with van der Waals surface area (Å²) in [5, 5.41) is 16.5. The summed E-state index contributed by atoms with van der Waals surface area (Å²) in [5.41, 5.74) is 2.49. The molecule has 1 aromatic heterocycles. The normalized spacial score (nSPS) is 13.7. The van der Waals surface area contributed by atoms with Crippen molar-refractivity contribution in [3.8, 4) is 11.5 Å². The summed E-state index contributed by atoms with van der Waals surface area (Å²) in [5.74, 6) is 0.799. The maximum atomic E-state index is 10.7. The number of phenolic OH excluding ortho intramolecular Hbond substituents is 1. The number of methoxy groups -OCH3 is 1. The lowest BCUT2D eigenvalue weighted by Gasteiger charge is -2.11. The number of fused-ring (bicyclic) bond motifs is 8. The Labute approximate surface area is 139 Å². The second-order valence-corrected chi connectivity index (χ2v) is 6.42. The van der Waals surface area contributed by atoms with Gasteiger partial charge >= 0.3 is 0 Å². The van der Waals surface area contributed by atoms with E-state index in [2.05, 4.69) is 47.0 Å².